The van der Waals surface area contributed by atoms with Gasteiger partial charge in [0.2, 0.25) is 5.91 Å². The van der Waals surface area contributed by atoms with Crippen LogP contribution < -0.4 is 10.6 Å². The lowest BCUT2D eigenvalue weighted by molar-refractivity contribution is -0.123. The van der Waals surface area contributed by atoms with Gasteiger partial charge in [0.1, 0.15) is 11.9 Å². The van der Waals surface area contributed by atoms with Crippen LogP contribution in [0.3, 0.4) is 0 Å². The summed E-state index contributed by atoms with van der Waals surface area (Å²) in [4.78, 5) is 24.0. The molecule has 0 aliphatic carbocycles. The maximum absolute atomic E-state index is 13.5. The maximum atomic E-state index is 13.5. The molecule has 0 aliphatic rings. The molecule has 1 rings (SSSR count). The first-order valence-corrected chi connectivity index (χ1v) is 6.80. The van der Waals surface area contributed by atoms with Gasteiger partial charge < -0.3 is 10.6 Å². The molecule has 1 aromatic rings. The Kier molecular flexibility index (Phi) is 6.15. The van der Waals surface area contributed by atoms with Crippen LogP contribution >= 0.6 is 0 Å². The molecule has 0 aromatic heterocycles. The zero-order valence-corrected chi connectivity index (χ0v) is 12.1. The normalized spacial score (nSPS) is 12.1. The van der Waals surface area contributed by atoms with Crippen LogP contribution in [-0.4, -0.2) is 24.4 Å². The Hall–Kier alpha value is -1.91. The number of hydrogen-bond donors (Lipinski definition) is 2. The molecule has 0 saturated carbocycles. The summed E-state index contributed by atoms with van der Waals surface area (Å²) in [6.45, 7) is 6.16. The van der Waals surface area contributed by atoms with Crippen LogP contribution in [0.4, 0.5) is 4.39 Å². The third kappa shape index (κ3) is 4.33. The summed E-state index contributed by atoms with van der Waals surface area (Å²) in [7, 11) is 0. The highest BCUT2D eigenvalue weighted by molar-refractivity contribution is 5.97. The number of halogens is 1. The monoisotopic (exact) mass is 280 g/mol. The molecule has 20 heavy (non-hydrogen) atoms. The summed E-state index contributed by atoms with van der Waals surface area (Å²) in [6.07, 6.45) is 0.817. The van der Waals surface area contributed by atoms with Crippen LogP contribution in [0.25, 0.3) is 0 Å². The number of amides is 2. The topological polar surface area (TPSA) is 58.2 Å². The van der Waals surface area contributed by atoms with E-state index in [1.165, 1.54) is 18.2 Å². The van der Waals surface area contributed by atoms with Gasteiger partial charge >= 0.3 is 0 Å². The molecular weight excluding hydrogens is 259 g/mol. The first kappa shape index (κ1) is 16.1. The van der Waals surface area contributed by atoms with Crippen molar-refractivity contribution >= 4 is 11.8 Å². The summed E-state index contributed by atoms with van der Waals surface area (Å²) in [5, 5.41) is 5.33. The van der Waals surface area contributed by atoms with Gasteiger partial charge in [-0.1, -0.05) is 32.9 Å². The third-order valence-corrected chi connectivity index (χ3v) is 2.90. The van der Waals surface area contributed by atoms with E-state index in [0.717, 1.165) is 6.42 Å². The van der Waals surface area contributed by atoms with Gasteiger partial charge in [-0.25, -0.2) is 4.39 Å². The number of benzene rings is 1. The van der Waals surface area contributed by atoms with Gasteiger partial charge in [0.25, 0.3) is 5.91 Å². The minimum absolute atomic E-state index is 0.0542. The fraction of sp³-hybridized carbons (Fsp3) is 0.467. The molecule has 0 heterocycles. The fourth-order valence-corrected chi connectivity index (χ4v) is 1.76. The number of rotatable bonds is 6. The molecule has 2 amide bonds. The van der Waals surface area contributed by atoms with E-state index in [-0.39, 0.29) is 17.4 Å². The van der Waals surface area contributed by atoms with Crippen molar-refractivity contribution in [1.29, 1.82) is 0 Å². The van der Waals surface area contributed by atoms with E-state index in [9.17, 15) is 14.0 Å². The Balaban J connectivity index is 2.78. The average Bonchev–Trinajstić information content (AvgIpc) is 2.42. The van der Waals surface area contributed by atoms with E-state index in [2.05, 4.69) is 10.6 Å². The molecule has 0 aliphatic heterocycles. The van der Waals surface area contributed by atoms with E-state index in [1.54, 1.807) is 6.07 Å². The van der Waals surface area contributed by atoms with Gasteiger partial charge in [-0.15, -0.1) is 0 Å². The van der Waals surface area contributed by atoms with E-state index in [1.807, 2.05) is 20.8 Å². The Morgan fingerprint density at radius 2 is 1.90 bits per heavy atom. The molecule has 0 saturated heterocycles. The number of carbonyl (C=O) groups is 2. The van der Waals surface area contributed by atoms with Gasteiger partial charge in [-0.05, 0) is 24.5 Å². The zero-order chi connectivity index (χ0) is 15.1. The highest BCUT2D eigenvalue weighted by atomic mass is 19.1. The third-order valence-electron chi connectivity index (χ3n) is 2.90. The molecule has 0 radical (unpaired) electrons. The van der Waals surface area contributed by atoms with Crippen LogP contribution in [0.2, 0.25) is 0 Å². The molecule has 5 heteroatoms. The van der Waals surface area contributed by atoms with Gasteiger partial charge in [-0.3, -0.25) is 9.59 Å². The summed E-state index contributed by atoms with van der Waals surface area (Å²) in [5.74, 6) is -1.50. The van der Waals surface area contributed by atoms with E-state index >= 15 is 0 Å². The second-order valence-corrected chi connectivity index (χ2v) is 4.97. The van der Waals surface area contributed by atoms with Gasteiger partial charge in [-0.2, -0.15) is 0 Å². The lowest BCUT2D eigenvalue weighted by Crippen LogP contribution is -2.50. The SMILES string of the molecule is CCCNC(=O)[C@H](NC(=O)c1ccccc1F)C(C)C. The lowest BCUT2D eigenvalue weighted by Gasteiger charge is -2.21. The number of nitrogens with one attached hydrogen (secondary N) is 2. The Morgan fingerprint density at radius 3 is 2.45 bits per heavy atom. The maximum Gasteiger partial charge on any atom is 0.254 e. The van der Waals surface area contributed by atoms with E-state index in [4.69, 9.17) is 0 Å². The molecule has 2 N–H and O–H groups in total. The lowest BCUT2D eigenvalue weighted by atomic mass is 10.0. The number of carbonyl (C=O) groups excluding carboxylic acids is 2. The van der Waals surface area contributed by atoms with Gasteiger partial charge in [0, 0.05) is 6.54 Å². The highest BCUT2D eigenvalue weighted by Crippen LogP contribution is 2.08. The molecule has 110 valence electrons. The van der Waals surface area contributed by atoms with Crippen molar-refractivity contribution < 1.29 is 14.0 Å². The van der Waals surface area contributed by atoms with Crippen LogP contribution in [0.1, 0.15) is 37.6 Å². The van der Waals surface area contributed by atoms with E-state index < -0.39 is 17.8 Å². The van der Waals surface area contributed by atoms with Crippen LogP contribution in [0, 0.1) is 11.7 Å². The van der Waals surface area contributed by atoms with Crippen molar-refractivity contribution in [2.45, 2.75) is 33.2 Å². The van der Waals surface area contributed by atoms with Crippen LogP contribution in [0.5, 0.6) is 0 Å². The summed E-state index contributed by atoms with van der Waals surface area (Å²) >= 11 is 0. The van der Waals surface area contributed by atoms with Crippen molar-refractivity contribution in [2.24, 2.45) is 5.92 Å². The van der Waals surface area contributed by atoms with Crippen molar-refractivity contribution in [3.05, 3.63) is 35.6 Å². The first-order valence-electron chi connectivity index (χ1n) is 6.80. The highest BCUT2D eigenvalue weighted by Gasteiger charge is 2.25. The Labute approximate surface area is 118 Å². The predicted octanol–water partition coefficient (Wildman–Crippen LogP) is 2.11. The minimum Gasteiger partial charge on any atom is -0.354 e. The molecular formula is C15H21FN2O2. The predicted molar refractivity (Wildman–Crippen MR) is 75.8 cm³/mol. The number of hydrogen-bond acceptors (Lipinski definition) is 2. The van der Waals surface area contributed by atoms with Crippen LogP contribution in [-0.2, 0) is 4.79 Å². The molecule has 4 nitrogen and oxygen atoms in total. The summed E-state index contributed by atoms with van der Waals surface area (Å²) in [6, 6.07) is 5.04. The van der Waals surface area contributed by atoms with Gasteiger partial charge in [0.05, 0.1) is 5.56 Å². The molecule has 1 atom stereocenters. The Morgan fingerprint density at radius 1 is 1.25 bits per heavy atom. The average molecular weight is 280 g/mol. The molecule has 0 fully saturated rings. The summed E-state index contributed by atoms with van der Waals surface area (Å²) in [5.41, 5.74) is -0.0542. The second kappa shape index (κ2) is 7.62. The largest absolute Gasteiger partial charge is 0.354 e. The van der Waals surface area contributed by atoms with E-state index in [0.29, 0.717) is 6.54 Å². The minimum atomic E-state index is -0.673. The van der Waals surface area contributed by atoms with Crippen LogP contribution in [0.15, 0.2) is 24.3 Å². The van der Waals surface area contributed by atoms with Gasteiger partial charge in [0.15, 0.2) is 0 Å². The van der Waals surface area contributed by atoms with Crippen molar-refractivity contribution in [3.63, 3.8) is 0 Å². The quantitative estimate of drug-likeness (QED) is 0.838. The standard InChI is InChI=1S/C15H21FN2O2/c1-4-9-17-15(20)13(10(2)3)18-14(19)11-7-5-6-8-12(11)16/h5-8,10,13H,4,9H2,1-3H3,(H,17,20)(H,18,19)/t13-/m1/s1. The first-order chi connectivity index (χ1) is 9.47. The van der Waals surface area contributed by atoms with Crippen molar-refractivity contribution in [1.82, 2.24) is 10.6 Å². The fourth-order valence-electron chi connectivity index (χ4n) is 1.76. The zero-order valence-electron chi connectivity index (χ0n) is 12.1. The summed E-state index contributed by atoms with van der Waals surface area (Å²) < 4.78 is 13.5. The Bertz CT molecular complexity index is 475. The smallest absolute Gasteiger partial charge is 0.254 e. The molecule has 1 aromatic carbocycles. The second-order valence-electron chi connectivity index (χ2n) is 4.97. The van der Waals surface area contributed by atoms with Crippen molar-refractivity contribution in [3.8, 4) is 0 Å². The van der Waals surface area contributed by atoms with Crippen molar-refractivity contribution in [2.75, 3.05) is 6.54 Å². The molecule has 0 bridgehead atoms. The molecule has 0 unspecified atom stereocenters. The molecule has 0 spiro atoms.